The van der Waals surface area contributed by atoms with E-state index < -0.39 is 5.97 Å². The minimum atomic E-state index is -1.06. The Balaban J connectivity index is 3.26. The summed E-state index contributed by atoms with van der Waals surface area (Å²) in [6, 6.07) is 0. The van der Waals surface area contributed by atoms with Gasteiger partial charge in [-0.1, -0.05) is 0 Å². The van der Waals surface area contributed by atoms with Crippen molar-refractivity contribution in [2.45, 2.75) is 6.42 Å². The Morgan fingerprint density at radius 3 is 2.77 bits per heavy atom. The van der Waals surface area contributed by atoms with Gasteiger partial charge in [-0.15, -0.1) is 0 Å². The lowest BCUT2D eigenvalue weighted by Gasteiger charge is -2.00. The zero-order chi connectivity index (χ0) is 10.0. The lowest BCUT2D eigenvalue weighted by atomic mass is 10.2. The SMILES string of the molecule is Cn1c(CCO)c(C(=O)O)[nH]c1=S. The molecule has 0 aliphatic heterocycles. The average Bonchev–Trinajstić information content (AvgIpc) is 2.33. The van der Waals surface area contributed by atoms with Gasteiger partial charge in [0.1, 0.15) is 5.69 Å². The number of H-pyrrole nitrogens is 1. The molecule has 1 aromatic rings. The summed E-state index contributed by atoms with van der Waals surface area (Å²) in [5.74, 6) is -1.06. The van der Waals surface area contributed by atoms with Gasteiger partial charge in [0.05, 0.1) is 5.69 Å². The van der Waals surface area contributed by atoms with E-state index in [0.29, 0.717) is 10.5 Å². The highest BCUT2D eigenvalue weighted by molar-refractivity contribution is 7.71. The van der Waals surface area contributed by atoms with Crippen molar-refractivity contribution in [2.75, 3.05) is 6.61 Å². The molecule has 3 N–H and O–H groups in total. The van der Waals surface area contributed by atoms with Crippen molar-refractivity contribution < 1.29 is 15.0 Å². The third-order valence-corrected chi connectivity index (χ3v) is 2.17. The van der Waals surface area contributed by atoms with Gasteiger partial charge in [0.2, 0.25) is 0 Å². The molecule has 0 aliphatic carbocycles. The number of aliphatic hydroxyl groups excluding tert-OH is 1. The van der Waals surface area contributed by atoms with Crippen LogP contribution in [0.25, 0.3) is 0 Å². The van der Waals surface area contributed by atoms with Gasteiger partial charge in [-0.05, 0) is 12.2 Å². The van der Waals surface area contributed by atoms with Crippen LogP contribution in [0.4, 0.5) is 0 Å². The lowest BCUT2D eigenvalue weighted by molar-refractivity contribution is 0.0689. The first-order valence-corrected chi connectivity index (χ1v) is 4.10. The Hall–Kier alpha value is -1.14. The Bertz CT molecular complexity index is 380. The molecule has 0 aliphatic rings. The number of nitrogens with zero attached hydrogens (tertiary/aromatic N) is 1. The minimum absolute atomic E-state index is 0.0570. The van der Waals surface area contributed by atoms with E-state index in [9.17, 15) is 4.79 Å². The molecule has 1 rings (SSSR count). The van der Waals surface area contributed by atoms with Gasteiger partial charge in [-0.2, -0.15) is 0 Å². The summed E-state index contributed by atoms with van der Waals surface area (Å²) in [6.45, 7) is -0.0965. The number of hydrogen-bond acceptors (Lipinski definition) is 3. The van der Waals surface area contributed by atoms with Crippen LogP contribution >= 0.6 is 12.2 Å². The number of carboxylic acid groups (broad SMARTS) is 1. The van der Waals surface area contributed by atoms with Crippen LogP contribution in [-0.2, 0) is 13.5 Å². The largest absolute Gasteiger partial charge is 0.477 e. The van der Waals surface area contributed by atoms with Crippen LogP contribution in [0.5, 0.6) is 0 Å². The molecule has 0 saturated heterocycles. The van der Waals surface area contributed by atoms with Crippen molar-refractivity contribution in [2.24, 2.45) is 7.05 Å². The average molecular weight is 202 g/mol. The van der Waals surface area contributed by atoms with Gasteiger partial charge in [-0.25, -0.2) is 4.79 Å². The van der Waals surface area contributed by atoms with E-state index >= 15 is 0 Å². The second-order valence-corrected chi connectivity index (χ2v) is 2.98. The minimum Gasteiger partial charge on any atom is -0.477 e. The van der Waals surface area contributed by atoms with Gasteiger partial charge in [0.15, 0.2) is 4.77 Å². The lowest BCUT2D eigenvalue weighted by Crippen LogP contribution is -2.06. The fraction of sp³-hybridized carbons (Fsp3) is 0.429. The van der Waals surface area contributed by atoms with Crippen molar-refractivity contribution in [3.8, 4) is 0 Å². The van der Waals surface area contributed by atoms with Crippen LogP contribution in [0.3, 0.4) is 0 Å². The van der Waals surface area contributed by atoms with Crippen molar-refractivity contribution >= 4 is 18.2 Å². The number of carbonyl (C=O) groups is 1. The molecule has 5 nitrogen and oxygen atoms in total. The molecule has 0 saturated carbocycles. The number of carboxylic acids is 1. The van der Waals surface area contributed by atoms with E-state index in [2.05, 4.69) is 4.98 Å². The molecule has 0 fully saturated rings. The fourth-order valence-electron chi connectivity index (χ4n) is 1.13. The van der Waals surface area contributed by atoms with E-state index in [-0.39, 0.29) is 18.7 Å². The van der Waals surface area contributed by atoms with Crippen LogP contribution in [0.1, 0.15) is 16.2 Å². The number of hydrogen-bond donors (Lipinski definition) is 3. The monoisotopic (exact) mass is 202 g/mol. The number of aliphatic hydroxyl groups is 1. The predicted molar refractivity (Wildman–Crippen MR) is 48.3 cm³/mol. The van der Waals surface area contributed by atoms with E-state index in [1.165, 1.54) is 0 Å². The number of imidazole rings is 1. The highest BCUT2D eigenvalue weighted by atomic mass is 32.1. The van der Waals surface area contributed by atoms with Crippen molar-refractivity contribution in [3.63, 3.8) is 0 Å². The summed E-state index contributed by atoms with van der Waals surface area (Å²) in [4.78, 5) is 13.3. The fourth-order valence-corrected chi connectivity index (χ4v) is 1.34. The van der Waals surface area contributed by atoms with E-state index in [1.54, 1.807) is 11.6 Å². The maximum atomic E-state index is 10.7. The van der Waals surface area contributed by atoms with Crippen molar-refractivity contribution in [1.29, 1.82) is 0 Å². The maximum Gasteiger partial charge on any atom is 0.354 e. The molecule has 13 heavy (non-hydrogen) atoms. The van der Waals surface area contributed by atoms with Crippen LogP contribution in [0.2, 0.25) is 0 Å². The second kappa shape index (κ2) is 3.71. The quantitative estimate of drug-likeness (QED) is 0.617. The zero-order valence-electron chi connectivity index (χ0n) is 7.07. The number of aromatic carboxylic acids is 1. The first kappa shape index (κ1) is 9.94. The number of aromatic nitrogens is 2. The number of nitrogens with one attached hydrogen (secondary N) is 1. The summed E-state index contributed by atoms with van der Waals surface area (Å²) in [6.07, 6.45) is 0.283. The van der Waals surface area contributed by atoms with E-state index in [1.807, 2.05) is 0 Å². The van der Waals surface area contributed by atoms with Gasteiger partial charge >= 0.3 is 5.97 Å². The molecule has 0 atom stereocenters. The zero-order valence-corrected chi connectivity index (χ0v) is 7.89. The highest BCUT2D eigenvalue weighted by Gasteiger charge is 2.14. The molecule has 0 spiro atoms. The predicted octanol–water partition coefficient (Wildman–Crippen LogP) is 0.316. The normalized spacial score (nSPS) is 10.3. The summed E-state index contributed by atoms with van der Waals surface area (Å²) in [7, 11) is 1.66. The second-order valence-electron chi connectivity index (χ2n) is 2.59. The van der Waals surface area contributed by atoms with Crippen LogP contribution < -0.4 is 0 Å². The van der Waals surface area contributed by atoms with E-state index in [0.717, 1.165) is 0 Å². The molecule has 72 valence electrons. The summed E-state index contributed by atoms with van der Waals surface area (Å²) < 4.78 is 1.90. The topological polar surface area (TPSA) is 78.2 Å². The van der Waals surface area contributed by atoms with Gasteiger partial charge in [-0.3, -0.25) is 0 Å². The Morgan fingerprint density at radius 1 is 1.69 bits per heavy atom. The number of aromatic amines is 1. The van der Waals surface area contributed by atoms with Crippen molar-refractivity contribution in [1.82, 2.24) is 9.55 Å². The standard InChI is InChI=1S/C7H10N2O3S/c1-9-4(2-3-10)5(6(11)12)8-7(9)13/h10H,2-3H2,1H3,(H,8,13)(H,11,12). The maximum absolute atomic E-state index is 10.7. The van der Waals surface area contributed by atoms with Crippen LogP contribution in [0, 0.1) is 4.77 Å². The molecule has 1 heterocycles. The highest BCUT2D eigenvalue weighted by Crippen LogP contribution is 2.08. The van der Waals surface area contributed by atoms with Crippen LogP contribution in [0.15, 0.2) is 0 Å². The van der Waals surface area contributed by atoms with E-state index in [4.69, 9.17) is 22.4 Å². The molecule has 0 bridgehead atoms. The summed E-state index contributed by atoms with van der Waals surface area (Å²) in [5.41, 5.74) is 0.571. The van der Waals surface area contributed by atoms with Gasteiger partial charge in [0.25, 0.3) is 0 Å². The Labute approximate surface area is 79.6 Å². The molecule has 6 heteroatoms. The first-order chi connectivity index (χ1) is 6.07. The molecule has 1 aromatic heterocycles. The van der Waals surface area contributed by atoms with Crippen molar-refractivity contribution in [3.05, 3.63) is 16.2 Å². The molecule has 0 aromatic carbocycles. The molecule has 0 radical (unpaired) electrons. The number of rotatable bonds is 3. The Kier molecular flexibility index (Phi) is 2.84. The van der Waals surface area contributed by atoms with Gasteiger partial charge in [0, 0.05) is 20.1 Å². The molecular formula is C7H10N2O3S. The smallest absolute Gasteiger partial charge is 0.354 e. The molecule has 0 amide bonds. The third-order valence-electron chi connectivity index (χ3n) is 1.79. The Morgan fingerprint density at radius 2 is 2.31 bits per heavy atom. The third kappa shape index (κ3) is 1.78. The molecule has 0 unspecified atom stereocenters. The first-order valence-electron chi connectivity index (χ1n) is 3.70. The molecular weight excluding hydrogens is 192 g/mol. The van der Waals surface area contributed by atoms with Gasteiger partial charge < -0.3 is 19.8 Å². The van der Waals surface area contributed by atoms with Crippen LogP contribution in [-0.4, -0.2) is 32.3 Å². The summed E-state index contributed by atoms with van der Waals surface area (Å²) >= 11 is 4.86. The summed E-state index contributed by atoms with van der Waals surface area (Å²) in [5, 5.41) is 17.5.